The minimum Gasteiger partial charge on any atom is -0.376 e. The lowest BCUT2D eigenvalue weighted by Crippen LogP contribution is -2.17. The van der Waals surface area contributed by atoms with Crippen LogP contribution in [0.1, 0.15) is 24.5 Å². The molecule has 17 heavy (non-hydrogen) atoms. The van der Waals surface area contributed by atoms with E-state index in [0.29, 0.717) is 12.7 Å². The van der Waals surface area contributed by atoms with Gasteiger partial charge in [0.05, 0.1) is 18.8 Å². The molecule has 2 nitrogen and oxygen atoms in total. The van der Waals surface area contributed by atoms with Gasteiger partial charge in [0, 0.05) is 15.5 Å². The Morgan fingerprint density at radius 2 is 2.41 bits per heavy atom. The fraction of sp³-hybridized carbons (Fsp3) is 0.538. The van der Waals surface area contributed by atoms with Gasteiger partial charge >= 0.3 is 0 Å². The maximum atomic E-state index is 5.96. The molecule has 1 heterocycles. The molecular formula is C13H16BrIO2. The second kappa shape index (κ2) is 7.07. The molecule has 2 atom stereocenters. The third kappa shape index (κ3) is 4.19. The van der Waals surface area contributed by atoms with Crippen molar-refractivity contribution in [2.45, 2.75) is 25.0 Å². The third-order valence-electron chi connectivity index (χ3n) is 2.87. The van der Waals surface area contributed by atoms with E-state index in [1.54, 1.807) is 0 Å². The predicted molar refractivity (Wildman–Crippen MR) is 80.7 cm³/mol. The minimum atomic E-state index is 0.164. The maximum Gasteiger partial charge on any atom is 0.0915 e. The molecule has 2 rings (SSSR count). The highest BCUT2D eigenvalue weighted by Crippen LogP contribution is 2.24. The molecule has 0 saturated carbocycles. The third-order valence-corrected chi connectivity index (χ3v) is 4.16. The van der Waals surface area contributed by atoms with Gasteiger partial charge in [0.2, 0.25) is 0 Å². The molecule has 1 fully saturated rings. The van der Waals surface area contributed by atoms with E-state index in [1.807, 2.05) is 12.1 Å². The molecule has 1 aromatic carbocycles. The van der Waals surface area contributed by atoms with Crippen LogP contribution < -0.4 is 0 Å². The standard InChI is InChI=1S/C13H16BrIO2/c14-11-4-1-3-10(7-11)13(8-15)17-9-12-5-2-6-16-12/h1,3-4,7,12-13H,2,5-6,8-9H2. The molecule has 0 aromatic heterocycles. The van der Waals surface area contributed by atoms with Crippen molar-refractivity contribution in [3.63, 3.8) is 0 Å². The number of ether oxygens (including phenoxy) is 2. The fourth-order valence-electron chi connectivity index (χ4n) is 1.94. The van der Waals surface area contributed by atoms with Crippen molar-refractivity contribution in [1.82, 2.24) is 0 Å². The Balaban J connectivity index is 1.91. The van der Waals surface area contributed by atoms with E-state index in [1.165, 1.54) is 12.0 Å². The first kappa shape index (κ1) is 13.8. The van der Waals surface area contributed by atoms with Crippen LogP contribution in [0.2, 0.25) is 0 Å². The van der Waals surface area contributed by atoms with Crippen LogP contribution in [0.3, 0.4) is 0 Å². The summed E-state index contributed by atoms with van der Waals surface area (Å²) in [5.74, 6) is 0. The number of hydrogen-bond acceptors (Lipinski definition) is 2. The molecule has 0 radical (unpaired) electrons. The summed E-state index contributed by atoms with van der Waals surface area (Å²) in [6.45, 7) is 1.60. The number of alkyl halides is 1. The number of benzene rings is 1. The van der Waals surface area contributed by atoms with Gasteiger partial charge in [-0.05, 0) is 30.5 Å². The number of hydrogen-bond donors (Lipinski definition) is 0. The highest BCUT2D eigenvalue weighted by molar-refractivity contribution is 14.1. The van der Waals surface area contributed by atoms with Crippen LogP contribution in [0.5, 0.6) is 0 Å². The Hall–Kier alpha value is 0.350. The maximum absolute atomic E-state index is 5.96. The smallest absolute Gasteiger partial charge is 0.0915 e. The topological polar surface area (TPSA) is 18.5 Å². The van der Waals surface area contributed by atoms with Crippen molar-refractivity contribution in [2.75, 3.05) is 17.6 Å². The van der Waals surface area contributed by atoms with E-state index < -0.39 is 0 Å². The number of rotatable bonds is 5. The molecule has 1 aromatic rings. The van der Waals surface area contributed by atoms with Crippen molar-refractivity contribution in [1.29, 1.82) is 0 Å². The molecule has 0 N–H and O–H groups in total. The average Bonchev–Trinajstić information content (AvgIpc) is 2.83. The zero-order chi connectivity index (χ0) is 12.1. The lowest BCUT2D eigenvalue weighted by molar-refractivity contribution is -0.0122. The summed E-state index contributed by atoms with van der Waals surface area (Å²) in [5.41, 5.74) is 1.23. The molecule has 0 amide bonds. The molecule has 2 unspecified atom stereocenters. The first-order chi connectivity index (χ1) is 8.29. The van der Waals surface area contributed by atoms with Crippen molar-refractivity contribution < 1.29 is 9.47 Å². The van der Waals surface area contributed by atoms with Gasteiger partial charge in [0.15, 0.2) is 0 Å². The van der Waals surface area contributed by atoms with Crippen molar-refractivity contribution >= 4 is 38.5 Å². The van der Waals surface area contributed by atoms with Crippen molar-refractivity contribution in [3.05, 3.63) is 34.3 Å². The zero-order valence-corrected chi connectivity index (χ0v) is 13.3. The number of halogens is 2. The van der Waals surface area contributed by atoms with Crippen molar-refractivity contribution in [3.8, 4) is 0 Å². The largest absolute Gasteiger partial charge is 0.376 e. The summed E-state index contributed by atoms with van der Waals surface area (Å²) >= 11 is 5.86. The lowest BCUT2D eigenvalue weighted by Gasteiger charge is -2.18. The van der Waals surface area contributed by atoms with Crippen LogP contribution in [-0.2, 0) is 9.47 Å². The Morgan fingerprint density at radius 3 is 3.06 bits per heavy atom. The molecule has 0 aliphatic carbocycles. The van der Waals surface area contributed by atoms with Gasteiger partial charge in [-0.15, -0.1) is 0 Å². The quantitative estimate of drug-likeness (QED) is 0.537. The summed E-state index contributed by atoms with van der Waals surface area (Å²) in [7, 11) is 0. The molecule has 0 spiro atoms. The summed E-state index contributed by atoms with van der Waals surface area (Å²) in [4.78, 5) is 0. The van der Waals surface area contributed by atoms with E-state index in [4.69, 9.17) is 9.47 Å². The van der Waals surface area contributed by atoms with E-state index in [0.717, 1.165) is 21.9 Å². The molecule has 4 heteroatoms. The van der Waals surface area contributed by atoms with Gasteiger partial charge < -0.3 is 9.47 Å². The van der Waals surface area contributed by atoms with Gasteiger partial charge in [-0.3, -0.25) is 0 Å². The lowest BCUT2D eigenvalue weighted by atomic mass is 10.1. The van der Waals surface area contributed by atoms with Crippen LogP contribution in [0.15, 0.2) is 28.7 Å². The summed E-state index contributed by atoms with van der Waals surface area (Å²) in [6, 6.07) is 8.32. The Bertz CT molecular complexity index is 353. The van der Waals surface area contributed by atoms with Crippen molar-refractivity contribution in [2.24, 2.45) is 0 Å². The summed E-state index contributed by atoms with van der Waals surface area (Å²) in [6.07, 6.45) is 2.76. The molecule has 1 aliphatic heterocycles. The van der Waals surface area contributed by atoms with Gasteiger partial charge in [0.25, 0.3) is 0 Å². The minimum absolute atomic E-state index is 0.164. The van der Waals surface area contributed by atoms with E-state index >= 15 is 0 Å². The van der Waals surface area contributed by atoms with Gasteiger partial charge in [0.1, 0.15) is 0 Å². The Morgan fingerprint density at radius 1 is 1.53 bits per heavy atom. The normalized spacial score (nSPS) is 21.6. The monoisotopic (exact) mass is 410 g/mol. The second-order valence-corrected chi connectivity index (χ2v) is 5.96. The SMILES string of the molecule is Brc1cccc(C(CI)OCC2CCCO2)c1. The molecule has 94 valence electrons. The van der Waals surface area contributed by atoms with Gasteiger partial charge in [-0.2, -0.15) is 0 Å². The first-order valence-electron chi connectivity index (χ1n) is 5.84. The van der Waals surface area contributed by atoms with Gasteiger partial charge in [-0.25, -0.2) is 0 Å². The molecular weight excluding hydrogens is 395 g/mol. The van der Waals surface area contributed by atoms with Crippen LogP contribution in [0, 0.1) is 0 Å². The summed E-state index contributed by atoms with van der Waals surface area (Å²) < 4.78 is 13.6. The summed E-state index contributed by atoms with van der Waals surface area (Å²) in [5, 5.41) is 0. The van der Waals surface area contributed by atoms with Crippen LogP contribution in [-0.4, -0.2) is 23.7 Å². The zero-order valence-electron chi connectivity index (χ0n) is 9.57. The Labute approximate surface area is 124 Å². The van der Waals surface area contributed by atoms with E-state index in [9.17, 15) is 0 Å². The molecule has 0 bridgehead atoms. The Kier molecular flexibility index (Phi) is 5.72. The fourth-order valence-corrected chi connectivity index (χ4v) is 3.12. The van der Waals surface area contributed by atoms with Gasteiger partial charge in [-0.1, -0.05) is 50.7 Å². The van der Waals surface area contributed by atoms with Crippen LogP contribution in [0.4, 0.5) is 0 Å². The predicted octanol–water partition coefficient (Wildman–Crippen LogP) is 4.12. The van der Waals surface area contributed by atoms with Crippen LogP contribution >= 0.6 is 38.5 Å². The highest BCUT2D eigenvalue weighted by Gasteiger charge is 2.18. The molecule has 1 saturated heterocycles. The second-order valence-electron chi connectivity index (χ2n) is 4.17. The molecule has 1 aliphatic rings. The van der Waals surface area contributed by atoms with E-state index in [2.05, 4.69) is 50.7 Å². The van der Waals surface area contributed by atoms with E-state index in [-0.39, 0.29) is 6.10 Å². The first-order valence-corrected chi connectivity index (χ1v) is 8.16. The highest BCUT2D eigenvalue weighted by atomic mass is 127. The average molecular weight is 411 g/mol. The van der Waals surface area contributed by atoms with Crippen LogP contribution in [0.25, 0.3) is 0 Å².